The lowest BCUT2D eigenvalue weighted by Crippen LogP contribution is -2.62. The lowest BCUT2D eigenvalue weighted by Gasteiger charge is -2.37. The largest absolute Gasteiger partial charge is 0.493 e. The zero-order valence-corrected chi connectivity index (χ0v) is 22.6. The Kier molecular flexibility index (Phi) is 9.06. The predicted octanol–water partition coefficient (Wildman–Crippen LogP) is 7.53. The van der Waals surface area contributed by atoms with E-state index in [-0.39, 0.29) is 16.9 Å². The number of ether oxygens (including phenoxy) is 1. The van der Waals surface area contributed by atoms with E-state index in [9.17, 15) is 39.9 Å². The van der Waals surface area contributed by atoms with Gasteiger partial charge in [-0.2, -0.15) is 35.1 Å². The number of rotatable bonds is 13. The summed E-state index contributed by atoms with van der Waals surface area (Å²) in [6.45, 7) is -0.00807. The summed E-state index contributed by atoms with van der Waals surface area (Å²) in [5.74, 6) is -24.1. The zero-order chi connectivity index (χ0) is 30.0. The van der Waals surface area contributed by atoms with Gasteiger partial charge < -0.3 is 18.0 Å². The summed E-state index contributed by atoms with van der Waals surface area (Å²) in [6.07, 6.45) is -3.87. The van der Waals surface area contributed by atoms with Crippen LogP contribution in [0.2, 0.25) is 12.6 Å². The van der Waals surface area contributed by atoms with Gasteiger partial charge in [-0.15, -0.1) is 0 Å². The van der Waals surface area contributed by atoms with Gasteiger partial charge in [-0.05, 0) is 36.4 Å². The van der Waals surface area contributed by atoms with Crippen molar-refractivity contribution in [3.8, 4) is 16.9 Å². The minimum absolute atomic E-state index is 0.0203. The molecule has 3 aromatic rings. The molecule has 0 saturated heterocycles. The molecule has 0 aliphatic carbocycles. The molecule has 1 aromatic heterocycles. The van der Waals surface area contributed by atoms with Crippen LogP contribution in [0.25, 0.3) is 22.1 Å². The van der Waals surface area contributed by atoms with Gasteiger partial charge >= 0.3 is 37.9 Å². The molecule has 0 unspecified atom stereocenters. The third-order valence-electron chi connectivity index (χ3n) is 6.55. The third kappa shape index (κ3) is 6.18. The smallest absolute Gasteiger partial charge is 0.378 e. The first-order valence-electron chi connectivity index (χ1n) is 11.9. The van der Waals surface area contributed by atoms with Gasteiger partial charge in [0.05, 0.1) is 18.6 Å². The van der Waals surface area contributed by atoms with Gasteiger partial charge in [0.2, 0.25) is 0 Å². The molecule has 0 N–H and O–H groups in total. The van der Waals surface area contributed by atoms with Crippen molar-refractivity contribution in [3.63, 3.8) is 0 Å². The highest BCUT2D eigenvalue weighted by Crippen LogP contribution is 2.55. The monoisotopic (exact) mass is 598 g/mol. The minimum atomic E-state index is -6.42. The molecule has 3 rings (SSSR count). The minimum Gasteiger partial charge on any atom is -0.493 e. The van der Waals surface area contributed by atoms with E-state index in [1.54, 1.807) is 30.3 Å². The molecule has 40 heavy (non-hydrogen) atoms. The highest BCUT2D eigenvalue weighted by Gasteiger charge is 2.79. The second-order valence-corrected chi connectivity index (χ2v) is 12.8. The molecule has 220 valence electrons. The van der Waals surface area contributed by atoms with Crippen molar-refractivity contribution in [1.29, 1.82) is 0 Å². The van der Waals surface area contributed by atoms with Crippen LogP contribution in [0, 0.1) is 0 Å². The maximum absolute atomic E-state index is 14.3. The normalized spacial score (nSPS) is 13.6. The first-order chi connectivity index (χ1) is 18.5. The average molecular weight is 599 g/mol. The zero-order valence-electron chi connectivity index (χ0n) is 21.6. The van der Waals surface area contributed by atoms with Gasteiger partial charge in [-0.25, -0.2) is 4.79 Å². The molecule has 0 bridgehead atoms. The van der Waals surface area contributed by atoms with Crippen LogP contribution in [0.1, 0.15) is 12.8 Å². The number of hydrogen-bond acceptors (Lipinski definition) is 5. The van der Waals surface area contributed by atoms with Crippen LogP contribution in [-0.4, -0.2) is 53.1 Å². The quantitative estimate of drug-likeness (QED) is 0.116. The SMILES string of the molecule is CO[Si](C)(CCC(F)(F)C(F)(F)C(F)(F)C(F)(F)CCOc1ccc2cc(-c3ccccc3)c(=O)oc2c1)OC. The van der Waals surface area contributed by atoms with Crippen molar-refractivity contribution in [2.75, 3.05) is 20.8 Å². The molecule has 14 heteroatoms. The molecule has 5 nitrogen and oxygen atoms in total. The van der Waals surface area contributed by atoms with Crippen molar-refractivity contribution in [2.45, 2.75) is 49.1 Å². The van der Waals surface area contributed by atoms with E-state index < -0.39 is 63.4 Å². The maximum Gasteiger partial charge on any atom is 0.378 e. The van der Waals surface area contributed by atoms with Gasteiger partial charge in [-0.3, -0.25) is 0 Å². The van der Waals surface area contributed by atoms with E-state index in [2.05, 4.69) is 0 Å². The van der Waals surface area contributed by atoms with Crippen molar-refractivity contribution >= 4 is 19.5 Å². The highest BCUT2D eigenvalue weighted by atomic mass is 28.4. The van der Waals surface area contributed by atoms with Crippen LogP contribution in [-0.2, 0) is 8.85 Å². The fraction of sp³-hybridized carbons (Fsp3) is 0.423. The van der Waals surface area contributed by atoms with Crippen molar-refractivity contribution in [2.24, 2.45) is 0 Å². The Morgan fingerprint density at radius 1 is 0.800 bits per heavy atom. The Hall–Kier alpha value is -2.97. The molecular weight excluding hydrogens is 572 g/mol. The lowest BCUT2D eigenvalue weighted by atomic mass is 9.95. The molecule has 0 fully saturated rings. The van der Waals surface area contributed by atoms with Crippen LogP contribution in [0.15, 0.2) is 63.8 Å². The number of fused-ring (bicyclic) bond motifs is 1. The second-order valence-electron chi connectivity index (χ2n) is 9.21. The Bertz CT molecular complexity index is 1360. The van der Waals surface area contributed by atoms with Crippen LogP contribution in [0.3, 0.4) is 0 Å². The van der Waals surface area contributed by atoms with Gasteiger partial charge in [-0.1, -0.05) is 30.3 Å². The molecule has 1 heterocycles. The van der Waals surface area contributed by atoms with E-state index in [0.29, 0.717) is 10.9 Å². The molecule has 2 aromatic carbocycles. The molecule has 0 aliphatic rings. The summed E-state index contributed by atoms with van der Waals surface area (Å²) in [5.41, 5.74) is 0.0903. The van der Waals surface area contributed by atoms with Crippen LogP contribution in [0.5, 0.6) is 5.75 Å². The first-order valence-corrected chi connectivity index (χ1v) is 14.4. The van der Waals surface area contributed by atoms with E-state index in [4.69, 9.17) is 18.0 Å². The molecule has 0 saturated carbocycles. The molecular formula is C26H26F8O5Si. The average Bonchev–Trinajstić information content (AvgIpc) is 2.91. The Morgan fingerprint density at radius 2 is 1.38 bits per heavy atom. The fourth-order valence-corrected chi connectivity index (χ4v) is 5.09. The topological polar surface area (TPSA) is 57.9 Å². The Balaban J connectivity index is 1.72. The Morgan fingerprint density at radius 3 is 1.95 bits per heavy atom. The standard InChI is InChI=1S/C26H26F8O5Si/c1-36-40(3,37-2)14-12-24(29,30)26(33,34)25(31,32)23(27,28)11-13-38-19-10-9-18-15-20(17-7-5-4-6-8-17)22(35)39-21(18)16-19/h4-10,15-16H,11-14H2,1-3H3. The van der Waals surface area contributed by atoms with Gasteiger partial charge in [0.1, 0.15) is 11.3 Å². The van der Waals surface area contributed by atoms with Crippen LogP contribution >= 0.6 is 0 Å². The summed E-state index contributed by atoms with van der Waals surface area (Å²) in [5, 5.41) is 0.422. The number of hydrogen-bond donors (Lipinski definition) is 0. The third-order valence-corrected chi connectivity index (χ3v) is 9.43. The lowest BCUT2D eigenvalue weighted by molar-refractivity contribution is -0.367. The molecule has 0 spiro atoms. The molecule has 0 amide bonds. The van der Waals surface area contributed by atoms with Gasteiger partial charge in [0.15, 0.2) is 0 Å². The number of benzene rings is 2. The van der Waals surface area contributed by atoms with Crippen molar-refractivity contribution < 1.29 is 53.1 Å². The predicted molar refractivity (Wildman–Crippen MR) is 133 cm³/mol. The van der Waals surface area contributed by atoms with E-state index in [1.165, 1.54) is 24.7 Å². The van der Waals surface area contributed by atoms with Crippen LogP contribution < -0.4 is 10.4 Å². The van der Waals surface area contributed by atoms with E-state index in [0.717, 1.165) is 20.3 Å². The fourth-order valence-electron chi connectivity index (χ4n) is 3.74. The van der Waals surface area contributed by atoms with Crippen LogP contribution in [0.4, 0.5) is 35.1 Å². The van der Waals surface area contributed by atoms with E-state index in [1.807, 2.05) is 0 Å². The Labute approximate surface area is 224 Å². The molecule has 0 radical (unpaired) electrons. The summed E-state index contributed by atoms with van der Waals surface area (Å²) in [4.78, 5) is 12.4. The van der Waals surface area contributed by atoms with Crippen molar-refractivity contribution in [3.05, 3.63) is 65.0 Å². The molecule has 0 aliphatic heterocycles. The first kappa shape index (κ1) is 31.6. The summed E-state index contributed by atoms with van der Waals surface area (Å²) in [6, 6.07) is 13.0. The number of alkyl halides is 8. The highest BCUT2D eigenvalue weighted by molar-refractivity contribution is 6.65. The summed E-state index contributed by atoms with van der Waals surface area (Å²) < 4.78 is 134. The maximum atomic E-state index is 14.3. The summed E-state index contributed by atoms with van der Waals surface area (Å²) >= 11 is 0. The number of halogens is 8. The second kappa shape index (κ2) is 11.5. The van der Waals surface area contributed by atoms with Gasteiger partial charge in [0.25, 0.3) is 0 Å². The van der Waals surface area contributed by atoms with E-state index >= 15 is 0 Å². The summed E-state index contributed by atoms with van der Waals surface area (Å²) in [7, 11) is -1.25. The molecule has 0 atom stereocenters. The van der Waals surface area contributed by atoms with Gasteiger partial charge in [0, 0.05) is 32.1 Å². The van der Waals surface area contributed by atoms with Crippen molar-refractivity contribution in [1.82, 2.24) is 0 Å².